The van der Waals surface area contributed by atoms with Crippen molar-refractivity contribution in [2.75, 3.05) is 6.54 Å². The molecule has 0 aliphatic rings. The highest BCUT2D eigenvalue weighted by atomic mass is 32.2. The van der Waals surface area contributed by atoms with Gasteiger partial charge in [0.1, 0.15) is 5.82 Å². The Morgan fingerprint density at radius 3 is 2.24 bits per heavy atom. The van der Waals surface area contributed by atoms with Gasteiger partial charge in [-0.15, -0.1) is 0 Å². The molecule has 0 fully saturated rings. The maximum Gasteiger partial charge on any atom is 0.241 e. The minimum Gasteiger partial charge on any atom is -0.369 e. The summed E-state index contributed by atoms with van der Waals surface area (Å²) < 4.78 is 38.8. The number of nitrogens with one attached hydrogen (secondary N) is 1. The van der Waals surface area contributed by atoms with E-state index in [1.54, 1.807) is 0 Å². The summed E-state index contributed by atoms with van der Waals surface area (Å²) in [6, 6.07) is 2.23. The number of primary amides is 1. The summed E-state index contributed by atoms with van der Waals surface area (Å²) in [6.07, 6.45) is 0. The highest BCUT2D eigenvalue weighted by molar-refractivity contribution is 7.89. The molecule has 0 aliphatic heterocycles. The Kier molecular flexibility index (Phi) is 3.84. The van der Waals surface area contributed by atoms with E-state index in [-0.39, 0.29) is 16.0 Å². The molecule has 0 spiro atoms. The summed E-state index contributed by atoms with van der Waals surface area (Å²) in [4.78, 5) is 10.5. The molecule has 5 nitrogen and oxygen atoms in total. The predicted molar refractivity (Wildman–Crippen MR) is 60.3 cm³/mol. The van der Waals surface area contributed by atoms with Crippen molar-refractivity contribution in [1.29, 1.82) is 0 Å². The van der Waals surface area contributed by atoms with Gasteiger partial charge in [0.2, 0.25) is 15.9 Å². The van der Waals surface area contributed by atoms with Crippen LogP contribution in [0.5, 0.6) is 0 Å². The van der Waals surface area contributed by atoms with Gasteiger partial charge in [0.05, 0.1) is 11.4 Å². The van der Waals surface area contributed by atoms with Gasteiger partial charge in [0.25, 0.3) is 0 Å². The SMILES string of the molecule is Cc1cc(F)cc(C)c1S(=O)(=O)NCC(N)=O. The van der Waals surface area contributed by atoms with E-state index in [2.05, 4.69) is 4.72 Å². The standard InChI is InChI=1S/C10H13FN2O3S/c1-6-3-8(11)4-7(2)10(6)17(15,16)13-5-9(12)14/h3-4,13H,5H2,1-2H3,(H2,12,14). The van der Waals surface area contributed by atoms with E-state index in [9.17, 15) is 17.6 Å². The van der Waals surface area contributed by atoms with Crippen molar-refractivity contribution < 1.29 is 17.6 Å². The Balaban J connectivity index is 3.20. The Morgan fingerprint density at radius 1 is 1.35 bits per heavy atom. The van der Waals surface area contributed by atoms with Crippen molar-refractivity contribution in [2.45, 2.75) is 18.7 Å². The van der Waals surface area contributed by atoms with E-state index in [1.807, 2.05) is 0 Å². The van der Waals surface area contributed by atoms with E-state index in [0.717, 1.165) is 12.1 Å². The van der Waals surface area contributed by atoms with E-state index in [0.29, 0.717) is 0 Å². The number of carbonyl (C=O) groups is 1. The largest absolute Gasteiger partial charge is 0.369 e. The Hall–Kier alpha value is -1.47. The molecule has 17 heavy (non-hydrogen) atoms. The average Bonchev–Trinajstić information content (AvgIpc) is 2.12. The number of rotatable bonds is 4. The van der Waals surface area contributed by atoms with Crippen molar-refractivity contribution >= 4 is 15.9 Å². The highest BCUT2D eigenvalue weighted by Gasteiger charge is 2.20. The van der Waals surface area contributed by atoms with Gasteiger partial charge in [-0.3, -0.25) is 4.79 Å². The highest BCUT2D eigenvalue weighted by Crippen LogP contribution is 2.20. The molecule has 94 valence electrons. The minimum absolute atomic E-state index is 0.0276. The summed E-state index contributed by atoms with van der Waals surface area (Å²) >= 11 is 0. The van der Waals surface area contributed by atoms with Crippen LogP contribution < -0.4 is 10.5 Å². The molecule has 0 unspecified atom stereocenters. The summed E-state index contributed by atoms with van der Waals surface area (Å²) in [5.74, 6) is -1.29. The van der Waals surface area contributed by atoms with Crippen LogP contribution in [-0.2, 0) is 14.8 Å². The fourth-order valence-corrected chi connectivity index (χ4v) is 3.00. The van der Waals surface area contributed by atoms with Crippen LogP contribution in [0.3, 0.4) is 0 Å². The number of nitrogens with two attached hydrogens (primary N) is 1. The van der Waals surface area contributed by atoms with E-state index in [1.165, 1.54) is 13.8 Å². The van der Waals surface area contributed by atoms with Gasteiger partial charge in [0, 0.05) is 0 Å². The third-order valence-electron chi connectivity index (χ3n) is 2.13. The maximum absolute atomic E-state index is 13.0. The molecule has 0 saturated heterocycles. The number of halogens is 1. The second-order valence-electron chi connectivity index (χ2n) is 3.66. The van der Waals surface area contributed by atoms with Crippen LogP contribution in [0.25, 0.3) is 0 Å². The Bertz CT molecular complexity index is 532. The first-order valence-electron chi connectivity index (χ1n) is 4.79. The Morgan fingerprint density at radius 2 is 1.82 bits per heavy atom. The lowest BCUT2D eigenvalue weighted by molar-refractivity contribution is -0.116. The molecule has 0 radical (unpaired) electrons. The first-order valence-corrected chi connectivity index (χ1v) is 6.27. The van der Waals surface area contributed by atoms with Gasteiger partial charge in [-0.05, 0) is 37.1 Å². The second-order valence-corrected chi connectivity index (χ2v) is 5.36. The van der Waals surface area contributed by atoms with Crippen molar-refractivity contribution in [1.82, 2.24) is 4.72 Å². The molecule has 0 saturated carbocycles. The average molecular weight is 260 g/mol. The quantitative estimate of drug-likeness (QED) is 0.810. The number of aryl methyl sites for hydroxylation is 2. The fourth-order valence-electron chi connectivity index (χ4n) is 1.56. The molecule has 0 bridgehead atoms. The third-order valence-corrected chi connectivity index (χ3v) is 3.84. The van der Waals surface area contributed by atoms with Crippen LogP contribution in [0.2, 0.25) is 0 Å². The van der Waals surface area contributed by atoms with Gasteiger partial charge in [-0.1, -0.05) is 0 Å². The molecule has 0 atom stereocenters. The first kappa shape index (κ1) is 13.6. The van der Waals surface area contributed by atoms with Gasteiger partial charge in [-0.25, -0.2) is 17.5 Å². The van der Waals surface area contributed by atoms with Crippen LogP contribution in [0.4, 0.5) is 4.39 Å². The third kappa shape index (κ3) is 3.24. The molecule has 0 heterocycles. The lowest BCUT2D eigenvalue weighted by Gasteiger charge is -2.11. The van der Waals surface area contributed by atoms with Gasteiger partial charge >= 0.3 is 0 Å². The molecule has 7 heteroatoms. The molecule has 3 N–H and O–H groups in total. The Labute approximate surface area is 98.9 Å². The number of amides is 1. The zero-order valence-electron chi connectivity index (χ0n) is 9.45. The first-order chi connectivity index (χ1) is 7.74. The summed E-state index contributed by atoms with van der Waals surface area (Å²) in [5, 5.41) is 0. The van der Waals surface area contributed by atoms with Crippen molar-refractivity contribution in [2.24, 2.45) is 5.73 Å². The lowest BCUT2D eigenvalue weighted by Crippen LogP contribution is -2.34. The van der Waals surface area contributed by atoms with Crippen LogP contribution in [0.15, 0.2) is 17.0 Å². The maximum atomic E-state index is 13.0. The van der Waals surface area contributed by atoms with Crippen molar-refractivity contribution in [3.05, 3.63) is 29.1 Å². The molecule has 1 aromatic rings. The normalized spacial score (nSPS) is 11.5. The number of hydrogen-bond donors (Lipinski definition) is 2. The number of carbonyl (C=O) groups excluding carboxylic acids is 1. The van der Waals surface area contributed by atoms with Gasteiger partial charge < -0.3 is 5.73 Å². The number of hydrogen-bond acceptors (Lipinski definition) is 3. The monoisotopic (exact) mass is 260 g/mol. The van der Waals surface area contributed by atoms with Crippen LogP contribution >= 0.6 is 0 Å². The van der Waals surface area contributed by atoms with Crippen molar-refractivity contribution in [3.63, 3.8) is 0 Å². The van der Waals surface area contributed by atoms with E-state index in [4.69, 9.17) is 5.73 Å². The predicted octanol–water partition coefficient (Wildman–Crippen LogP) is 0.206. The molecule has 1 amide bonds. The molecule has 1 aromatic carbocycles. The zero-order chi connectivity index (χ0) is 13.2. The molecular formula is C10H13FN2O3S. The number of benzene rings is 1. The molecular weight excluding hydrogens is 247 g/mol. The lowest BCUT2D eigenvalue weighted by atomic mass is 10.1. The van der Waals surface area contributed by atoms with Crippen LogP contribution in [-0.4, -0.2) is 20.9 Å². The summed E-state index contributed by atoms with van der Waals surface area (Å²) in [7, 11) is -3.85. The van der Waals surface area contributed by atoms with Crippen LogP contribution in [0.1, 0.15) is 11.1 Å². The number of sulfonamides is 1. The van der Waals surface area contributed by atoms with Gasteiger partial charge in [0.15, 0.2) is 0 Å². The smallest absolute Gasteiger partial charge is 0.241 e. The van der Waals surface area contributed by atoms with Gasteiger partial charge in [-0.2, -0.15) is 0 Å². The van der Waals surface area contributed by atoms with Crippen LogP contribution in [0, 0.1) is 19.7 Å². The minimum atomic E-state index is -3.85. The van der Waals surface area contributed by atoms with Crippen molar-refractivity contribution in [3.8, 4) is 0 Å². The fraction of sp³-hybridized carbons (Fsp3) is 0.300. The second kappa shape index (κ2) is 4.80. The topological polar surface area (TPSA) is 89.3 Å². The molecule has 1 rings (SSSR count). The molecule has 0 aliphatic carbocycles. The summed E-state index contributed by atoms with van der Waals surface area (Å²) in [5.41, 5.74) is 5.41. The summed E-state index contributed by atoms with van der Waals surface area (Å²) in [6.45, 7) is 2.47. The van der Waals surface area contributed by atoms with E-state index >= 15 is 0 Å². The van der Waals surface area contributed by atoms with E-state index < -0.39 is 28.3 Å². The zero-order valence-corrected chi connectivity index (χ0v) is 10.3. The molecule has 0 aromatic heterocycles.